The van der Waals surface area contributed by atoms with Gasteiger partial charge in [0.15, 0.2) is 0 Å². The van der Waals surface area contributed by atoms with Crippen molar-refractivity contribution in [1.82, 2.24) is 5.32 Å². The molecular weight excluding hydrogens is 214 g/mol. The van der Waals surface area contributed by atoms with E-state index in [0.29, 0.717) is 17.6 Å². The molecular formula is C14H27NO2. The maximum atomic E-state index is 5.64. The summed E-state index contributed by atoms with van der Waals surface area (Å²) in [5.41, 5.74) is 0.578. The van der Waals surface area contributed by atoms with Gasteiger partial charge in [-0.2, -0.15) is 0 Å². The van der Waals surface area contributed by atoms with Gasteiger partial charge in [-0.3, -0.25) is 0 Å². The zero-order valence-corrected chi connectivity index (χ0v) is 11.7. The van der Waals surface area contributed by atoms with Crippen molar-refractivity contribution in [2.45, 2.75) is 58.3 Å². The minimum Gasteiger partial charge on any atom is -0.377 e. The first kappa shape index (κ1) is 13.3. The maximum absolute atomic E-state index is 5.64. The molecule has 0 aromatic rings. The normalized spacial score (nSPS) is 34.8. The Balaban J connectivity index is 1.74. The van der Waals surface area contributed by atoms with Gasteiger partial charge in [0.05, 0.1) is 12.2 Å². The fraction of sp³-hybridized carbons (Fsp3) is 1.00. The lowest BCUT2D eigenvalue weighted by Crippen LogP contribution is -2.60. The molecule has 0 aliphatic heterocycles. The summed E-state index contributed by atoms with van der Waals surface area (Å²) >= 11 is 0. The summed E-state index contributed by atoms with van der Waals surface area (Å²) in [5.74, 6) is 0.791. The van der Waals surface area contributed by atoms with Crippen LogP contribution in [0.2, 0.25) is 0 Å². The SMILES string of the molecule is CCOC1CC(NCC2(C(C)C)CC2)C1OC. The fourth-order valence-electron chi connectivity index (χ4n) is 2.93. The highest BCUT2D eigenvalue weighted by Crippen LogP contribution is 2.51. The topological polar surface area (TPSA) is 30.5 Å². The van der Waals surface area contributed by atoms with Crippen LogP contribution in [0.4, 0.5) is 0 Å². The van der Waals surface area contributed by atoms with Gasteiger partial charge in [0.1, 0.15) is 0 Å². The maximum Gasteiger partial charge on any atom is 0.0986 e. The molecule has 0 spiro atoms. The third-order valence-electron chi connectivity index (χ3n) is 4.74. The van der Waals surface area contributed by atoms with Crippen LogP contribution in [0, 0.1) is 11.3 Å². The molecule has 0 radical (unpaired) electrons. The molecule has 0 heterocycles. The molecule has 0 amide bonds. The Morgan fingerprint density at radius 3 is 2.53 bits per heavy atom. The molecule has 3 atom stereocenters. The Kier molecular flexibility index (Phi) is 4.11. The van der Waals surface area contributed by atoms with Gasteiger partial charge in [-0.15, -0.1) is 0 Å². The summed E-state index contributed by atoms with van der Waals surface area (Å²) in [6.07, 6.45) is 4.42. The van der Waals surface area contributed by atoms with E-state index in [0.717, 1.165) is 25.5 Å². The molecule has 17 heavy (non-hydrogen) atoms. The van der Waals surface area contributed by atoms with Crippen LogP contribution < -0.4 is 5.32 Å². The second-order valence-corrected chi connectivity index (χ2v) is 5.93. The summed E-state index contributed by atoms with van der Waals surface area (Å²) in [7, 11) is 1.79. The van der Waals surface area contributed by atoms with E-state index in [9.17, 15) is 0 Å². The first-order valence-electron chi connectivity index (χ1n) is 7.00. The highest BCUT2D eigenvalue weighted by Gasteiger charge is 2.48. The number of hydrogen-bond acceptors (Lipinski definition) is 3. The van der Waals surface area contributed by atoms with Gasteiger partial charge in [0.25, 0.3) is 0 Å². The minimum absolute atomic E-state index is 0.248. The standard InChI is InChI=1S/C14H27NO2/c1-5-17-12-8-11(13(12)16-4)15-9-14(6-7-14)10(2)3/h10-13,15H,5-9H2,1-4H3. The van der Waals surface area contributed by atoms with Crippen LogP contribution in [-0.4, -0.2) is 38.5 Å². The summed E-state index contributed by atoms with van der Waals surface area (Å²) in [6.45, 7) is 8.66. The van der Waals surface area contributed by atoms with Crippen LogP contribution in [0.3, 0.4) is 0 Å². The highest BCUT2D eigenvalue weighted by atomic mass is 16.5. The zero-order chi connectivity index (χ0) is 12.5. The third kappa shape index (κ3) is 2.67. The summed E-state index contributed by atoms with van der Waals surface area (Å²) in [6, 6.07) is 0.493. The van der Waals surface area contributed by atoms with Crippen molar-refractivity contribution in [3.63, 3.8) is 0 Å². The molecule has 3 nitrogen and oxygen atoms in total. The average molecular weight is 241 g/mol. The summed E-state index contributed by atoms with van der Waals surface area (Å²) in [4.78, 5) is 0. The monoisotopic (exact) mass is 241 g/mol. The Bertz CT molecular complexity index is 251. The van der Waals surface area contributed by atoms with E-state index in [1.807, 2.05) is 6.92 Å². The lowest BCUT2D eigenvalue weighted by Gasteiger charge is -2.44. The van der Waals surface area contributed by atoms with Gasteiger partial charge >= 0.3 is 0 Å². The van der Waals surface area contributed by atoms with Crippen molar-refractivity contribution in [3.05, 3.63) is 0 Å². The van der Waals surface area contributed by atoms with E-state index in [2.05, 4.69) is 19.2 Å². The van der Waals surface area contributed by atoms with E-state index in [1.54, 1.807) is 7.11 Å². The molecule has 0 saturated heterocycles. The summed E-state index contributed by atoms with van der Waals surface area (Å²) < 4.78 is 11.2. The molecule has 2 aliphatic carbocycles. The zero-order valence-electron chi connectivity index (χ0n) is 11.7. The Morgan fingerprint density at radius 1 is 1.35 bits per heavy atom. The number of hydrogen-bond donors (Lipinski definition) is 1. The van der Waals surface area contributed by atoms with Crippen LogP contribution in [0.15, 0.2) is 0 Å². The third-order valence-corrected chi connectivity index (χ3v) is 4.74. The molecule has 3 unspecified atom stereocenters. The largest absolute Gasteiger partial charge is 0.377 e. The number of rotatable bonds is 7. The molecule has 3 heteroatoms. The molecule has 2 saturated carbocycles. The van der Waals surface area contributed by atoms with Crippen molar-refractivity contribution in [3.8, 4) is 0 Å². The lowest BCUT2D eigenvalue weighted by atomic mass is 9.84. The van der Waals surface area contributed by atoms with Gasteiger partial charge in [-0.1, -0.05) is 13.8 Å². The van der Waals surface area contributed by atoms with Crippen molar-refractivity contribution >= 4 is 0 Å². The molecule has 0 bridgehead atoms. The van der Waals surface area contributed by atoms with Gasteiger partial charge in [-0.05, 0) is 37.5 Å². The van der Waals surface area contributed by atoms with Crippen molar-refractivity contribution < 1.29 is 9.47 Å². The van der Waals surface area contributed by atoms with E-state index < -0.39 is 0 Å². The average Bonchev–Trinajstić information content (AvgIpc) is 3.04. The molecule has 0 aromatic carbocycles. The molecule has 2 fully saturated rings. The molecule has 0 aromatic heterocycles. The Labute approximate surface area is 105 Å². The molecule has 1 N–H and O–H groups in total. The van der Waals surface area contributed by atoms with Gasteiger partial charge in [0.2, 0.25) is 0 Å². The molecule has 2 rings (SSSR count). The Morgan fingerprint density at radius 2 is 2.06 bits per heavy atom. The van der Waals surface area contributed by atoms with Crippen LogP contribution in [0.5, 0.6) is 0 Å². The highest BCUT2D eigenvalue weighted by molar-refractivity contribution is 5.02. The molecule has 2 aliphatic rings. The quantitative estimate of drug-likeness (QED) is 0.741. The minimum atomic E-state index is 0.248. The van der Waals surface area contributed by atoms with Crippen LogP contribution in [-0.2, 0) is 9.47 Å². The van der Waals surface area contributed by atoms with E-state index in [4.69, 9.17) is 9.47 Å². The van der Waals surface area contributed by atoms with E-state index >= 15 is 0 Å². The smallest absolute Gasteiger partial charge is 0.0986 e. The predicted molar refractivity (Wildman–Crippen MR) is 69.1 cm³/mol. The van der Waals surface area contributed by atoms with Crippen molar-refractivity contribution in [1.29, 1.82) is 0 Å². The number of ether oxygens (including phenoxy) is 2. The number of nitrogens with one attached hydrogen (secondary N) is 1. The van der Waals surface area contributed by atoms with Gasteiger partial charge in [0, 0.05) is 26.3 Å². The molecule has 100 valence electrons. The second kappa shape index (κ2) is 5.25. The van der Waals surface area contributed by atoms with Crippen molar-refractivity contribution in [2.75, 3.05) is 20.3 Å². The lowest BCUT2D eigenvalue weighted by molar-refractivity contribution is -0.132. The van der Waals surface area contributed by atoms with Crippen LogP contribution >= 0.6 is 0 Å². The van der Waals surface area contributed by atoms with Gasteiger partial charge < -0.3 is 14.8 Å². The van der Waals surface area contributed by atoms with Crippen LogP contribution in [0.1, 0.15) is 40.0 Å². The first-order chi connectivity index (χ1) is 8.13. The Hall–Kier alpha value is -0.120. The first-order valence-corrected chi connectivity index (χ1v) is 7.00. The number of methoxy groups -OCH3 is 1. The van der Waals surface area contributed by atoms with Crippen molar-refractivity contribution in [2.24, 2.45) is 11.3 Å². The van der Waals surface area contributed by atoms with Crippen LogP contribution in [0.25, 0.3) is 0 Å². The van der Waals surface area contributed by atoms with Gasteiger partial charge in [-0.25, -0.2) is 0 Å². The second-order valence-electron chi connectivity index (χ2n) is 5.93. The van der Waals surface area contributed by atoms with E-state index in [-0.39, 0.29) is 6.10 Å². The predicted octanol–water partition coefficient (Wildman–Crippen LogP) is 2.20. The van der Waals surface area contributed by atoms with E-state index in [1.165, 1.54) is 12.8 Å². The summed E-state index contributed by atoms with van der Waals surface area (Å²) in [5, 5.41) is 3.69. The fourth-order valence-corrected chi connectivity index (χ4v) is 2.93.